The van der Waals surface area contributed by atoms with Gasteiger partial charge in [0.05, 0.1) is 5.75 Å². The summed E-state index contributed by atoms with van der Waals surface area (Å²) in [7, 11) is -2.96. The Morgan fingerprint density at radius 3 is 2.73 bits per heavy atom. The van der Waals surface area contributed by atoms with E-state index in [0.29, 0.717) is 6.54 Å². The molecule has 1 aromatic rings. The fourth-order valence-electron chi connectivity index (χ4n) is 1.45. The molecular formula is C10H12N2O2S. The van der Waals surface area contributed by atoms with Crippen LogP contribution in [-0.2, 0) is 16.4 Å². The molecular weight excluding hydrogens is 212 g/mol. The van der Waals surface area contributed by atoms with Crippen LogP contribution in [0.5, 0.6) is 0 Å². The van der Waals surface area contributed by atoms with Gasteiger partial charge in [0.1, 0.15) is 0 Å². The molecule has 0 bridgehead atoms. The molecule has 2 rings (SSSR count). The first-order valence-electron chi connectivity index (χ1n) is 4.69. The van der Waals surface area contributed by atoms with Crippen LogP contribution in [0.1, 0.15) is 5.56 Å². The molecule has 15 heavy (non-hydrogen) atoms. The number of nitrogens with zero attached hydrogens (tertiary/aromatic N) is 1. The van der Waals surface area contributed by atoms with Gasteiger partial charge in [0.15, 0.2) is 9.84 Å². The second-order valence-corrected chi connectivity index (χ2v) is 5.43. The molecule has 1 aliphatic rings. The predicted octanol–water partition coefficient (Wildman–Crippen LogP) is 0.482. The molecule has 1 atom stereocenters. The maximum Gasteiger partial charge on any atom is 0.173 e. The van der Waals surface area contributed by atoms with E-state index in [1.807, 2.05) is 12.1 Å². The molecule has 1 aliphatic heterocycles. The van der Waals surface area contributed by atoms with Gasteiger partial charge in [-0.2, -0.15) is 0 Å². The number of hydrogen-bond acceptors (Lipinski definition) is 4. The van der Waals surface area contributed by atoms with Crippen molar-refractivity contribution in [1.82, 2.24) is 10.3 Å². The Labute approximate surface area is 89.0 Å². The summed E-state index contributed by atoms with van der Waals surface area (Å²) in [5.74, 6) is 0.165. The lowest BCUT2D eigenvalue weighted by atomic mass is 10.2. The highest BCUT2D eigenvalue weighted by molar-refractivity contribution is 7.94. The third-order valence-electron chi connectivity index (χ3n) is 2.25. The normalized spacial score (nSPS) is 23.1. The van der Waals surface area contributed by atoms with Crippen molar-refractivity contribution in [2.75, 3.05) is 5.75 Å². The highest BCUT2D eigenvalue weighted by Crippen LogP contribution is 2.08. The number of pyridine rings is 1. The van der Waals surface area contributed by atoms with E-state index >= 15 is 0 Å². The highest BCUT2D eigenvalue weighted by atomic mass is 32.2. The molecule has 0 fully saturated rings. The van der Waals surface area contributed by atoms with Crippen molar-refractivity contribution >= 4 is 9.84 Å². The Morgan fingerprint density at radius 1 is 1.40 bits per heavy atom. The van der Waals surface area contributed by atoms with Crippen LogP contribution in [0.2, 0.25) is 0 Å². The monoisotopic (exact) mass is 224 g/mol. The van der Waals surface area contributed by atoms with Crippen LogP contribution >= 0.6 is 0 Å². The summed E-state index contributed by atoms with van der Waals surface area (Å²) >= 11 is 0. The number of sulfone groups is 1. The molecule has 0 aromatic carbocycles. The molecule has 0 saturated heterocycles. The van der Waals surface area contributed by atoms with Crippen molar-refractivity contribution in [2.24, 2.45) is 0 Å². The minimum Gasteiger partial charge on any atom is -0.305 e. The minimum absolute atomic E-state index is 0.0665. The molecule has 0 amide bonds. The van der Waals surface area contributed by atoms with Gasteiger partial charge in [0.25, 0.3) is 0 Å². The third kappa shape index (κ3) is 2.87. The van der Waals surface area contributed by atoms with Gasteiger partial charge in [-0.1, -0.05) is 6.08 Å². The van der Waals surface area contributed by atoms with Crippen molar-refractivity contribution in [2.45, 2.75) is 12.6 Å². The Bertz CT molecular complexity index is 454. The molecule has 0 saturated carbocycles. The Morgan fingerprint density at radius 2 is 2.13 bits per heavy atom. The predicted molar refractivity (Wildman–Crippen MR) is 57.8 cm³/mol. The van der Waals surface area contributed by atoms with E-state index < -0.39 is 9.84 Å². The van der Waals surface area contributed by atoms with Gasteiger partial charge in [-0.3, -0.25) is 4.98 Å². The van der Waals surface area contributed by atoms with Gasteiger partial charge in [-0.25, -0.2) is 8.42 Å². The van der Waals surface area contributed by atoms with Crippen LogP contribution in [-0.4, -0.2) is 25.2 Å². The molecule has 1 N–H and O–H groups in total. The van der Waals surface area contributed by atoms with Crippen molar-refractivity contribution in [3.63, 3.8) is 0 Å². The van der Waals surface area contributed by atoms with Crippen LogP contribution in [0.4, 0.5) is 0 Å². The summed E-state index contributed by atoms with van der Waals surface area (Å²) in [6.45, 7) is 0.660. The van der Waals surface area contributed by atoms with Crippen molar-refractivity contribution in [3.8, 4) is 0 Å². The van der Waals surface area contributed by atoms with Gasteiger partial charge in [-0.05, 0) is 17.7 Å². The molecule has 2 heterocycles. The molecule has 4 nitrogen and oxygen atoms in total. The van der Waals surface area contributed by atoms with E-state index in [1.54, 1.807) is 18.5 Å². The highest BCUT2D eigenvalue weighted by Gasteiger charge is 2.20. The SMILES string of the molecule is O=S1(=O)C=CC(NCc2ccncc2)C1. The lowest BCUT2D eigenvalue weighted by Gasteiger charge is -2.09. The quantitative estimate of drug-likeness (QED) is 0.811. The summed E-state index contributed by atoms with van der Waals surface area (Å²) in [5, 5.41) is 4.43. The minimum atomic E-state index is -2.96. The summed E-state index contributed by atoms with van der Waals surface area (Å²) in [4.78, 5) is 3.91. The zero-order valence-corrected chi connectivity index (χ0v) is 8.94. The molecule has 0 radical (unpaired) electrons. The van der Waals surface area contributed by atoms with E-state index in [-0.39, 0.29) is 11.8 Å². The smallest absolute Gasteiger partial charge is 0.173 e. The standard InChI is InChI=1S/C10H12N2O2S/c13-15(14)6-3-10(8-15)12-7-9-1-4-11-5-2-9/h1-6,10,12H,7-8H2. The summed E-state index contributed by atoms with van der Waals surface area (Å²) < 4.78 is 22.2. The number of rotatable bonds is 3. The molecule has 1 unspecified atom stereocenters. The lowest BCUT2D eigenvalue weighted by molar-refractivity contribution is 0.590. The van der Waals surface area contributed by atoms with E-state index in [2.05, 4.69) is 10.3 Å². The van der Waals surface area contributed by atoms with E-state index in [1.165, 1.54) is 5.41 Å². The number of hydrogen-bond donors (Lipinski definition) is 1. The fraction of sp³-hybridized carbons (Fsp3) is 0.300. The Balaban J connectivity index is 1.89. The molecule has 80 valence electrons. The number of nitrogens with one attached hydrogen (secondary N) is 1. The average Bonchev–Trinajstić information content (AvgIpc) is 2.57. The third-order valence-corrected chi connectivity index (χ3v) is 3.64. The summed E-state index contributed by atoms with van der Waals surface area (Å²) in [6.07, 6.45) is 5.13. The lowest BCUT2D eigenvalue weighted by Crippen LogP contribution is -2.29. The number of aromatic nitrogens is 1. The van der Waals surface area contributed by atoms with Crippen LogP contribution in [0, 0.1) is 0 Å². The zero-order chi connectivity index (χ0) is 10.7. The van der Waals surface area contributed by atoms with Crippen LogP contribution in [0.25, 0.3) is 0 Å². The first kappa shape index (κ1) is 10.3. The maximum absolute atomic E-state index is 11.1. The van der Waals surface area contributed by atoms with Crippen LogP contribution in [0.3, 0.4) is 0 Å². The van der Waals surface area contributed by atoms with Crippen molar-refractivity contribution in [3.05, 3.63) is 41.6 Å². The summed E-state index contributed by atoms with van der Waals surface area (Å²) in [6, 6.07) is 3.74. The molecule has 0 aliphatic carbocycles. The fourth-order valence-corrected chi connectivity index (χ4v) is 2.72. The van der Waals surface area contributed by atoms with Gasteiger partial charge >= 0.3 is 0 Å². The second kappa shape index (κ2) is 4.12. The van der Waals surface area contributed by atoms with Crippen molar-refractivity contribution in [1.29, 1.82) is 0 Å². The van der Waals surface area contributed by atoms with E-state index in [9.17, 15) is 8.42 Å². The first-order chi connectivity index (χ1) is 7.16. The second-order valence-electron chi connectivity index (χ2n) is 3.50. The maximum atomic E-state index is 11.1. The summed E-state index contributed by atoms with van der Waals surface area (Å²) in [5.41, 5.74) is 1.10. The topological polar surface area (TPSA) is 59.1 Å². The van der Waals surface area contributed by atoms with Gasteiger partial charge < -0.3 is 5.32 Å². The van der Waals surface area contributed by atoms with E-state index in [0.717, 1.165) is 5.56 Å². The van der Waals surface area contributed by atoms with Gasteiger partial charge in [-0.15, -0.1) is 0 Å². The van der Waals surface area contributed by atoms with Gasteiger partial charge in [0.2, 0.25) is 0 Å². The Kier molecular flexibility index (Phi) is 2.83. The molecule has 5 heteroatoms. The first-order valence-corrected chi connectivity index (χ1v) is 6.40. The van der Waals surface area contributed by atoms with Crippen LogP contribution < -0.4 is 5.32 Å². The average molecular weight is 224 g/mol. The van der Waals surface area contributed by atoms with Crippen LogP contribution in [0.15, 0.2) is 36.0 Å². The zero-order valence-electron chi connectivity index (χ0n) is 8.13. The van der Waals surface area contributed by atoms with Crippen molar-refractivity contribution < 1.29 is 8.42 Å². The van der Waals surface area contributed by atoms with E-state index in [4.69, 9.17) is 0 Å². The largest absolute Gasteiger partial charge is 0.305 e. The molecule has 0 spiro atoms. The molecule has 1 aromatic heterocycles. The Hall–Kier alpha value is -1.20. The van der Waals surface area contributed by atoms with Gasteiger partial charge in [0, 0.05) is 30.4 Å².